The monoisotopic (exact) mass is 532 g/mol. The lowest BCUT2D eigenvalue weighted by Crippen LogP contribution is -2.62. The summed E-state index contributed by atoms with van der Waals surface area (Å²) < 4.78 is 135. The van der Waals surface area contributed by atoms with Crippen molar-refractivity contribution in [3.05, 3.63) is 12.7 Å². The van der Waals surface area contributed by atoms with E-state index in [1.807, 2.05) is 0 Å². The highest BCUT2D eigenvalue weighted by molar-refractivity contribution is 7.86. The number of nitrogens with zero attached hydrogens (tertiary/aromatic N) is 1. The molecule has 34 heavy (non-hydrogen) atoms. The van der Waals surface area contributed by atoms with Crippen LogP contribution in [-0.4, -0.2) is 72.6 Å². The second-order valence-corrected chi connectivity index (χ2v) is 8.43. The Labute approximate surface area is 191 Å². The maximum absolute atomic E-state index is 13.9. The van der Waals surface area contributed by atoms with Gasteiger partial charge in [0.2, 0.25) is 0 Å². The molecule has 0 aromatic heterocycles. The number of ether oxygens (including phenoxy) is 2. The first-order chi connectivity index (χ1) is 15.3. The molecule has 0 radical (unpaired) electrons. The van der Waals surface area contributed by atoms with E-state index in [-0.39, 0.29) is 25.9 Å². The molecule has 0 N–H and O–H groups in total. The van der Waals surface area contributed by atoms with Crippen molar-refractivity contribution in [3.63, 3.8) is 0 Å². The molecule has 0 aromatic rings. The smallest absolute Gasteiger partial charge is 0.466 e. The van der Waals surface area contributed by atoms with E-state index in [2.05, 4.69) is 16.1 Å². The average Bonchev–Trinajstić information content (AvgIpc) is 2.69. The minimum atomic E-state index is -6.72. The fourth-order valence-corrected chi connectivity index (χ4v) is 3.10. The molecule has 0 aliphatic heterocycles. The Hall–Kier alpha value is -1.94. The SMILES string of the molecule is C=CC(=O)OC(OCCCCC(F)(F)C(F)(F)S(=O)(=O)[O-])(C(=O)N(CCC)CCC)C(F)(F)F. The minimum Gasteiger partial charge on any atom is -0.743 e. The maximum atomic E-state index is 13.9. The Kier molecular flexibility index (Phi) is 11.5. The first-order valence-corrected chi connectivity index (χ1v) is 11.3. The van der Waals surface area contributed by atoms with Gasteiger partial charge in [-0.3, -0.25) is 4.79 Å². The van der Waals surface area contributed by atoms with Crippen molar-refractivity contribution in [2.24, 2.45) is 0 Å². The number of alkyl halides is 7. The summed E-state index contributed by atoms with van der Waals surface area (Å²) in [7, 11) is -6.72. The van der Waals surface area contributed by atoms with Crippen molar-refractivity contribution in [1.82, 2.24) is 4.90 Å². The molecule has 0 saturated heterocycles. The maximum Gasteiger partial charge on any atom is 0.466 e. The molecule has 0 rings (SSSR count). The molecule has 0 aromatic carbocycles. The first-order valence-electron chi connectivity index (χ1n) is 9.91. The van der Waals surface area contributed by atoms with E-state index in [1.54, 1.807) is 13.8 Å². The standard InChI is InChI=1S/C18H26F7NO7S/c1-4-10-26(11-5-2)14(28)16(17(21,22)23,33-13(27)6-3)32-12-8-7-9-15(19,20)18(24,25)34(29,30)31/h6H,3-5,7-12H2,1-2H3,(H,29,30,31)/p-1. The predicted molar refractivity (Wildman–Crippen MR) is 102 cm³/mol. The van der Waals surface area contributed by atoms with Gasteiger partial charge in [-0.15, -0.1) is 0 Å². The Bertz CT molecular complexity index is 812. The van der Waals surface area contributed by atoms with Crippen LogP contribution in [0.1, 0.15) is 46.0 Å². The Balaban J connectivity index is 5.74. The first kappa shape index (κ1) is 32.1. The number of hydrogen-bond donors (Lipinski definition) is 0. The van der Waals surface area contributed by atoms with Gasteiger partial charge < -0.3 is 18.9 Å². The lowest BCUT2D eigenvalue weighted by molar-refractivity contribution is -0.350. The van der Waals surface area contributed by atoms with E-state index in [9.17, 15) is 53.3 Å². The fraction of sp³-hybridized carbons (Fsp3) is 0.778. The summed E-state index contributed by atoms with van der Waals surface area (Å²) in [5.41, 5.74) is 0. The summed E-state index contributed by atoms with van der Waals surface area (Å²) in [5, 5.41) is -5.95. The van der Waals surface area contributed by atoms with Gasteiger partial charge in [-0.1, -0.05) is 20.4 Å². The lowest BCUT2D eigenvalue weighted by Gasteiger charge is -2.37. The van der Waals surface area contributed by atoms with Gasteiger partial charge in [0.15, 0.2) is 10.1 Å². The van der Waals surface area contributed by atoms with Gasteiger partial charge >= 0.3 is 35.0 Å². The van der Waals surface area contributed by atoms with Gasteiger partial charge in [0.25, 0.3) is 0 Å². The fourth-order valence-electron chi connectivity index (χ4n) is 2.64. The van der Waals surface area contributed by atoms with Crippen molar-refractivity contribution in [2.45, 2.75) is 69.1 Å². The lowest BCUT2D eigenvalue weighted by atomic mass is 10.1. The summed E-state index contributed by atoms with van der Waals surface area (Å²) in [6.45, 7) is 4.50. The zero-order chi connectivity index (χ0) is 27.0. The quantitative estimate of drug-likeness (QED) is 0.0791. The molecule has 1 unspecified atom stereocenters. The molecule has 16 heteroatoms. The van der Waals surface area contributed by atoms with Crippen LogP contribution in [0, 0.1) is 0 Å². The molecular formula is C18H25F7NO7S-. The summed E-state index contributed by atoms with van der Waals surface area (Å²) >= 11 is 0. The highest BCUT2D eigenvalue weighted by Crippen LogP contribution is 2.42. The predicted octanol–water partition coefficient (Wildman–Crippen LogP) is 3.58. The average molecular weight is 532 g/mol. The number of carbonyl (C=O) groups excluding carboxylic acids is 2. The molecule has 0 aliphatic carbocycles. The molecule has 0 heterocycles. The molecule has 200 valence electrons. The van der Waals surface area contributed by atoms with Crippen LogP contribution in [-0.2, 0) is 29.2 Å². The zero-order valence-electron chi connectivity index (χ0n) is 18.3. The van der Waals surface area contributed by atoms with E-state index >= 15 is 0 Å². The van der Waals surface area contributed by atoms with Gasteiger partial charge in [-0.2, -0.15) is 30.7 Å². The second-order valence-electron chi connectivity index (χ2n) is 7.01. The summed E-state index contributed by atoms with van der Waals surface area (Å²) in [4.78, 5) is 25.1. The number of carbonyl (C=O) groups is 2. The zero-order valence-corrected chi connectivity index (χ0v) is 19.1. The van der Waals surface area contributed by atoms with Crippen molar-refractivity contribution >= 4 is 22.0 Å². The number of amides is 1. The van der Waals surface area contributed by atoms with Gasteiger partial charge in [-0.05, 0) is 25.7 Å². The van der Waals surface area contributed by atoms with Crippen molar-refractivity contribution in [3.8, 4) is 0 Å². The molecular weight excluding hydrogens is 507 g/mol. The number of rotatable bonds is 15. The molecule has 0 fully saturated rings. The third kappa shape index (κ3) is 7.53. The Morgan fingerprint density at radius 1 is 1.00 bits per heavy atom. The summed E-state index contributed by atoms with van der Waals surface area (Å²) in [5.74, 6) is -13.0. The van der Waals surface area contributed by atoms with Crippen LogP contribution < -0.4 is 0 Å². The number of unbranched alkanes of at least 4 members (excludes halogenated alkanes) is 1. The van der Waals surface area contributed by atoms with E-state index in [1.165, 1.54) is 0 Å². The van der Waals surface area contributed by atoms with Gasteiger partial charge in [0.1, 0.15) is 0 Å². The van der Waals surface area contributed by atoms with Crippen molar-refractivity contribution < 1.29 is 62.8 Å². The normalized spacial score (nSPS) is 14.9. The molecule has 0 bridgehead atoms. The van der Waals surface area contributed by atoms with Crippen molar-refractivity contribution in [1.29, 1.82) is 0 Å². The number of hydrogen-bond acceptors (Lipinski definition) is 7. The van der Waals surface area contributed by atoms with Crippen LogP contribution in [0.2, 0.25) is 0 Å². The third-order valence-corrected chi connectivity index (χ3v) is 5.20. The van der Waals surface area contributed by atoms with Gasteiger partial charge in [0, 0.05) is 25.6 Å². The van der Waals surface area contributed by atoms with Crippen LogP contribution >= 0.6 is 0 Å². The molecule has 0 spiro atoms. The molecule has 0 aliphatic rings. The van der Waals surface area contributed by atoms with Crippen LogP contribution in [0.3, 0.4) is 0 Å². The minimum absolute atomic E-state index is 0.176. The summed E-state index contributed by atoms with van der Waals surface area (Å²) in [6.07, 6.45) is -8.64. The number of esters is 1. The van der Waals surface area contributed by atoms with Crippen LogP contribution in [0.25, 0.3) is 0 Å². The van der Waals surface area contributed by atoms with E-state index < -0.39 is 71.0 Å². The second kappa shape index (κ2) is 12.2. The number of halogens is 7. The molecule has 1 amide bonds. The third-order valence-electron chi connectivity index (χ3n) is 4.27. The van der Waals surface area contributed by atoms with Crippen LogP contribution in [0.5, 0.6) is 0 Å². The largest absolute Gasteiger partial charge is 0.743 e. The summed E-state index contributed by atoms with van der Waals surface area (Å²) in [6, 6.07) is 0. The van der Waals surface area contributed by atoms with E-state index in [4.69, 9.17) is 0 Å². The van der Waals surface area contributed by atoms with Crippen molar-refractivity contribution in [2.75, 3.05) is 19.7 Å². The molecule has 1 atom stereocenters. The van der Waals surface area contributed by atoms with Gasteiger partial charge in [-0.25, -0.2) is 13.2 Å². The van der Waals surface area contributed by atoms with E-state index in [0.717, 1.165) is 4.90 Å². The molecule has 8 nitrogen and oxygen atoms in total. The van der Waals surface area contributed by atoms with Gasteiger partial charge in [0.05, 0.1) is 6.61 Å². The topological polar surface area (TPSA) is 113 Å². The van der Waals surface area contributed by atoms with E-state index in [0.29, 0.717) is 6.08 Å². The van der Waals surface area contributed by atoms with Crippen LogP contribution in [0.4, 0.5) is 30.7 Å². The highest BCUT2D eigenvalue weighted by atomic mass is 32.2. The van der Waals surface area contributed by atoms with Crippen LogP contribution in [0.15, 0.2) is 12.7 Å². The Morgan fingerprint density at radius 2 is 1.50 bits per heavy atom. The Morgan fingerprint density at radius 3 is 1.88 bits per heavy atom. The highest BCUT2D eigenvalue weighted by Gasteiger charge is 2.67. The molecule has 0 saturated carbocycles.